The maximum atomic E-state index is 9.10. The molecule has 188 valence electrons. The monoisotopic (exact) mass is 487 g/mol. The van der Waals surface area contributed by atoms with E-state index in [0.29, 0.717) is 0 Å². The highest BCUT2D eigenvalue weighted by Crippen LogP contribution is 2.30. The Balaban J connectivity index is 0.000000455. The molecule has 1 saturated heterocycles. The topological polar surface area (TPSA) is 86.0 Å². The van der Waals surface area contributed by atoms with E-state index in [1.807, 2.05) is 0 Å². The third-order valence-corrected chi connectivity index (χ3v) is 6.73. The maximum Gasteiger partial charge on any atom is 0.414 e. The van der Waals surface area contributed by atoms with Gasteiger partial charge in [-0.05, 0) is 43.2 Å². The molecule has 1 fully saturated rings. The average Bonchev–Trinajstić information content (AvgIpc) is 3.20. The Morgan fingerprint density at radius 1 is 0.722 bits per heavy atom. The summed E-state index contributed by atoms with van der Waals surface area (Å²) in [5.41, 5.74) is 6.88. The second kappa shape index (κ2) is 11.4. The lowest BCUT2D eigenvalue weighted by Gasteiger charge is -2.34. The quantitative estimate of drug-likeness (QED) is 0.400. The van der Waals surface area contributed by atoms with E-state index >= 15 is 0 Å². The van der Waals surface area contributed by atoms with Crippen molar-refractivity contribution in [2.45, 2.75) is 33.5 Å². The lowest BCUT2D eigenvalue weighted by atomic mass is 10.1. The third-order valence-electron chi connectivity index (χ3n) is 6.73. The van der Waals surface area contributed by atoms with Gasteiger partial charge in [-0.2, -0.15) is 0 Å². The Morgan fingerprint density at radius 3 is 1.83 bits per heavy atom. The molecule has 0 bridgehead atoms. The number of piperazine rings is 1. The van der Waals surface area contributed by atoms with Crippen molar-refractivity contribution in [2.75, 3.05) is 26.2 Å². The molecule has 0 unspecified atom stereocenters. The first-order valence-electron chi connectivity index (χ1n) is 12.3. The zero-order valence-corrected chi connectivity index (χ0v) is 20.9. The third kappa shape index (κ3) is 5.93. The molecule has 1 aromatic heterocycles. The lowest BCUT2D eigenvalue weighted by Crippen LogP contribution is -2.45. The van der Waals surface area contributed by atoms with Gasteiger partial charge in [-0.3, -0.25) is 9.80 Å². The Morgan fingerprint density at radius 2 is 1.25 bits per heavy atom. The number of hydrogen-bond donors (Lipinski definition) is 2. The molecule has 2 heterocycles. The van der Waals surface area contributed by atoms with Crippen LogP contribution in [0.15, 0.2) is 66.7 Å². The second-order valence-corrected chi connectivity index (χ2v) is 9.26. The highest BCUT2D eigenvalue weighted by molar-refractivity contribution is 6.27. The van der Waals surface area contributed by atoms with Gasteiger partial charge in [0.15, 0.2) is 0 Å². The molecule has 2 N–H and O–H groups in total. The lowest BCUT2D eigenvalue weighted by molar-refractivity contribution is -0.159. The summed E-state index contributed by atoms with van der Waals surface area (Å²) in [6, 6.07) is 24.8. The summed E-state index contributed by atoms with van der Waals surface area (Å²) in [6.45, 7) is 12.1. The predicted octanol–water partition coefficient (Wildman–Crippen LogP) is 4.60. The maximum absolute atomic E-state index is 9.10. The van der Waals surface area contributed by atoms with Gasteiger partial charge in [0.25, 0.3) is 0 Å². The van der Waals surface area contributed by atoms with Crippen molar-refractivity contribution in [3.05, 3.63) is 83.4 Å². The first-order valence-corrected chi connectivity index (χ1v) is 12.3. The van der Waals surface area contributed by atoms with Gasteiger partial charge in [0, 0.05) is 67.6 Å². The number of carbonyl (C=O) groups is 2. The van der Waals surface area contributed by atoms with E-state index in [4.69, 9.17) is 19.8 Å². The summed E-state index contributed by atoms with van der Waals surface area (Å²) in [5, 5.41) is 17.5. The molecule has 3 aromatic carbocycles. The molecule has 0 radical (unpaired) electrons. The highest BCUT2D eigenvalue weighted by Gasteiger charge is 2.18. The van der Waals surface area contributed by atoms with Gasteiger partial charge < -0.3 is 14.8 Å². The number of carboxylic acid groups (broad SMARTS) is 2. The summed E-state index contributed by atoms with van der Waals surface area (Å²) in [5.74, 6) is -3.65. The number of nitrogens with zero attached hydrogens (tertiary/aromatic N) is 3. The number of hydrogen-bond acceptors (Lipinski definition) is 4. The zero-order valence-electron chi connectivity index (χ0n) is 20.9. The molecule has 4 aromatic rings. The van der Waals surface area contributed by atoms with Crippen LogP contribution in [0.1, 0.15) is 23.6 Å². The Hall–Kier alpha value is -3.68. The first-order chi connectivity index (χ1) is 17.4. The number of fused-ring (bicyclic) bond motifs is 3. The minimum absolute atomic E-state index is 1.01. The molecule has 0 spiro atoms. The molecule has 0 amide bonds. The molecule has 7 heteroatoms. The van der Waals surface area contributed by atoms with E-state index in [0.717, 1.165) is 45.8 Å². The number of rotatable bonds is 5. The van der Waals surface area contributed by atoms with Crippen LogP contribution in [0.4, 0.5) is 0 Å². The van der Waals surface area contributed by atoms with Crippen molar-refractivity contribution in [3.8, 4) is 0 Å². The zero-order chi connectivity index (χ0) is 25.7. The molecule has 1 aliphatic rings. The van der Waals surface area contributed by atoms with E-state index < -0.39 is 11.9 Å². The standard InChI is InChI=1S/C27H31N3.C2H2O4/c1-3-30-26-7-5-4-6-24(26)25-18-23(12-13-27(25)30)20-29-16-14-28(15-17-29)19-22-10-8-21(2)9-11-22;3-1(4)2(5)6/h4-13,18H,3,14-17,19-20H2,1-2H3;(H,3,4)(H,5,6). The SMILES string of the molecule is CCn1c2ccccc2c2cc(CN3CCN(Cc4ccc(C)cc4)CC3)ccc21.O=C(O)C(=O)O. The minimum Gasteiger partial charge on any atom is -0.473 e. The normalized spacial score (nSPS) is 14.5. The van der Waals surface area contributed by atoms with Crippen LogP contribution in [0.25, 0.3) is 21.8 Å². The van der Waals surface area contributed by atoms with E-state index in [-0.39, 0.29) is 0 Å². The first kappa shape index (κ1) is 25.4. The number of aliphatic carboxylic acids is 2. The van der Waals surface area contributed by atoms with Gasteiger partial charge in [0.05, 0.1) is 0 Å². The number of aryl methyl sites for hydroxylation is 2. The highest BCUT2D eigenvalue weighted by atomic mass is 16.4. The summed E-state index contributed by atoms with van der Waals surface area (Å²) in [4.78, 5) is 23.4. The molecule has 0 aliphatic carbocycles. The fourth-order valence-corrected chi connectivity index (χ4v) is 4.86. The molecular formula is C29H33N3O4. The molecule has 36 heavy (non-hydrogen) atoms. The van der Waals surface area contributed by atoms with Crippen molar-refractivity contribution >= 4 is 33.7 Å². The van der Waals surface area contributed by atoms with E-state index in [9.17, 15) is 0 Å². The molecule has 5 rings (SSSR count). The number of benzene rings is 3. The molecule has 0 atom stereocenters. The van der Waals surface area contributed by atoms with E-state index in [1.54, 1.807) is 0 Å². The van der Waals surface area contributed by atoms with Crippen LogP contribution >= 0.6 is 0 Å². The van der Waals surface area contributed by atoms with Crippen molar-refractivity contribution in [2.24, 2.45) is 0 Å². The van der Waals surface area contributed by atoms with Gasteiger partial charge in [-0.1, -0.05) is 54.1 Å². The van der Waals surface area contributed by atoms with Crippen LogP contribution in [-0.4, -0.2) is 62.7 Å². The Kier molecular flexibility index (Phi) is 8.03. The molecule has 7 nitrogen and oxygen atoms in total. The van der Waals surface area contributed by atoms with Gasteiger partial charge in [0.1, 0.15) is 0 Å². The van der Waals surface area contributed by atoms with E-state index in [1.165, 1.54) is 38.5 Å². The van der Waals surface area contributed by atoms with Gasteiger partial charge in [0.2, 0.25) is 0 Å². The predicted molar refractivity (Wildman–Crippen MR) is 142 cm³/mol. The summed E-state index contributed by atoms with van der Waals surface area (Å²) < 4.78 is 2.43. The summed E-state index contributed by atoms with van der Waals surface area (Å²) >= 11 is 0. The number of para-hydroxylation sites is 1. The van der Waals surface area contributed by atoms with Gasteiger partial charge in [-0.25, -0.2) is 9.59 Å². The van der Waals surface area contributed by atoms with Crippen molar-refractivity contribution in [1.29, 1.82) is 0 Å². The van der Waals surface area contributed by atoms with Crippen molar-refractivity contribution in [3.63, 3.8) is 0 Å². The summed E-state index contributed by atoms with van der Waals surface area (Å²) in [6.07, 6.45) is 0. The van der Waals surface area contributed by atoms with Crippen LogP contribution in [0.5, 0.6) is 0 Å². The van der Waals surface area contributed by atoms with Gasteiger partial charge in [-0.15, -0.1) is 0 Å². The van der Waals surface area contributed by atoms with Crippen LogP contribution in [0.2, 0.25) is 0 Å². The Labute approximate surface area is 211 Å². The van der Waals surface area contributed by atoms with Crippen molar-refractivity contribution in [1.82, 2.24) is 14.4 Å². The Bertz CT molecular complexity index is 1340. The van der Waals surface area contributed by atoms with E-state index in [2.05, 4.69) is 94.9 Å². The fraction of sp³-hybridized carbons (Fsp3) is 0.310. The number of carboxylic acids is 2. The van der Waals surface area contributed by atoms with Crippen LogP contribution < -0.4 is 0 Å². The van der Waals surface area contributed by atoms with Crippen LogP contribution in [-0.2, 0) is 29.2 Å². The van der Waals surface area contributed by atoms with Crippen LogP contribution in [0.3, 0.4) is 0 Å². The van der Waals surface area contributed by atoms with Crippen LogP contribution in [0, 0.1) is 6.92 Å². The largest absolute Gasteiger partial charge is 0.473 e. The smallest absolute Gasteiger partial charge is 0.414 e. The molecule has 1 aliphatic heterocycles. The average molecular weight is 488 g/mol. The number of aromatic nitrogens is 1. The molecule has 0 saturated carbocycles. The minimum atomic E-state index is -1.82. The fourth-order valence-electron chi connectivity index (χ4n) is 4.86. The summed E-state index contributed by atoms with van der Waals surface area (Å²) in [7, 11) is 0. The second-order valence-electron chi connectivity index (χ2n) is 9.26. The molecular weight excluding hydrogens is 454 g/mol. The van der Waals surface area contributed by atoms with Crippen molar-refractivity contribution < 1.29 is 19.8 Å². The van der Waals surface area contributed by atoms with Gasteiger partial charge >= 0.3 is 11.9 Å².